The lowest BCUT2D eigenvalue weighted by atomic mass is 10.1. The Morgan fingerprint density at radius 3 is 2.81 bits per heavy atom. The minimum absolute atomic E-state index is 0.752. The fourth-order valence-corrected chi connectivity index (χ4v) is 3.52. The van der Waals surface area contributed by atoms with Crippen molar-refractivity contribution in [3.63, 3.8) is 0 Å². The van der Waals surface area contributed by atoms with Gasteiger partial charge in [0, 0.05) is 17.8 Å². The number of benzene rings is 1. The third-order valence-corrected chi connectivity index (χ3v) is 4.49. The molecule has 4 heteroatoms. The van der Waals surface area contributed by atoms with Crippen LogP contribution in [0.5, 0.6) is 0 Å². The van der Waals surface area contributed by atoms with Gasteiger partial charge in [-0.3, -0.25) is 4.98 Å². The van der Waals surface area contributed by atoms with E-state index >= 15 is 0 Å². The molecular weight excluding hydrogens is 300 g/mol. The van der Waals surface area contributed by atoms with E-state index in [1.807, 2.05) is 30.6 Å². The van der Waals surface area contributed by atoms with E-state index < -0.39 is 0 Å². The van der Waals surface area contributed by atoms with Gasteiger partial charge >= 0.3 is 0 Å². The molecule has 0 aliphatic rings. The summed E-state index contributed by atoms with van der Waals surface area (Å²) in [5.74, 6) is 0. The van der Waals surface area contributed by atoms with Gasteiger partial charge in [0.25, 0.3) is 0 Å². The zero-order valence-corrected chi connectivity index (χ0v) is 12.6. The first-order valence-corrected chi connectivity index (χ1v) is 7.88. The molecule has 0 fully saturated rings. The standard InChI is InChI=1S/C17H11ClN2S/c18-16-9-14(13-4-7-21-11-13)8-12-3-6-20(17(12)16)15-2-1-5-19-10-15/h1-11H. The normalized spacial score (nSPS) is 11.1. The quantitative estimate of drug-likeness (QED) is 0.484. The highest BCUT2D eigenvalue weighted by molar-refractivity contribution is 7.08. The third kappa shape index (κ3) is 2.15. The zero-order chi connectivity index (χ0) is 14.2. The second-order valence-corrected chi connectivity index (χ2v) is 5.99. The fraction of sp³-hybridized carbons (Fsp3) is 0. The van der Waals surface area contributed by atoms with Crippen molar-refractivity contribution in [2.45, 2.75) is 0 Å². The first kappa shape index (κ1) is 12.6. The van der Waals surface area contributed by atoms with Crippen molar-refractivity contribution in [2.24, 2.45) is 0 Å². The van der Waals surface area contributed by atoms with Gasteiger partial charge in [0.1, 0.15) is 0 Å². The van der Waals surface area contributed by atoms with Crippen molar-refractivity contribution in [3.8, 4) is 16.8 Å². The molecule has 0 aliphatic carbocycles. The Morgan fingerprint density at radius 1 is 1.10 bits per heavy atom. The smallest absolute Gasteiger partial charge is 0.0716 e. The van der Waals surface area contributed by atoms with Crippen LogP contribution in [-0.2, 0) is 0 Å². The molecule has 1 aromatic carbocycles. The van der Waals surface area contributed by atoms with E-state index in [2.05, 4.69) is 38.5 Å². The number of halogens is 1. The largest absolute Gasteiger partial charge is 0.314 e. The van der Waals surface area contributed by atoms with Crippen LogP contribution in [-0.4, -0.2) is 9.55 Å². The second-order valence-electron chi connectivity index (χ2n) is 4.80. The minimum atomic E-state index is 0.752. The third-order valence-electron chi connectivity index (χ3n) is 3.52. The highest BCUT2D eigenvalue weighted by atomic mass is 35.5. The van der Waals surface area contributed by atoms with Crippen LogP contribution in [0.4, 0.5) is 0 Å². The van der Waals surface area contributed by atoms with E-state index in [-0.39, 0.29) is 0 Å². The number of hydrogen-bond donors (Lipinski definition) is 0. The van der Waals surface area contributed by atoms with Crippen molar-refractivity contribution < 1.29 is 0 Å². The maximum Gasteiger partial charge on any atom is 0.0716 e. The summed E-state index contributed by atoms with van der Waals surface area (Å²) >= 11 is 8.23. The van der Waals surface area contributed by atoms with Gasteiger partial charge in [-0.25, -0.2) is 0 Å². The number of pyridine rings is 1. The first-order chi connectivity index (χ1) is 10.3. The molecule has 0 unspecified atom stereocenters. The molecule has 4 aromatic rings. The van der Waals surface area contributed by atoms with Gasteiger partial charge in [-0.1, -0.05) is 11.6 Å². The SMILES string of the molecule is Clc1cc(-c2ccsc2)cc2ccn(-c3cccnc3)c12. The molecule has 0 bridgehead atoms. The van der Waals surface area contributed by atoms with Crippen LogP contribution in [0.3, 0.4) is 0 Å². The Hall–Kier alpha value is -2.10. The Balaban J connectivity index is 1.94. The van der Waals surface area contributed by atoms with Crippen LogP contribution in [0.1, 0.15) is 0 Å². The number of aromatic nitrogens is 2. The Kier molecular flexibility index (Phi) is 3.02. The van der Waals surface area contributed by atoms with Crippen molar-refractivity contribution in [3.05, 3.63) is 70.8 Å². The monoisotopic (exact) mass is 310 g/mol. The lowest BCUT2D eigenvalue weighted by Crippen LogP contribution is -1.92. The predicted octanol–water partition coefficient (Wildman–Crippen LogP) is 5.41. The van der Waals surface area contributed by atoms with E-state index in [4.69, 9.17) is 11.6 Å². The lowest BCUT2D eigenvalue weighted by Gasteiger charge is -2.07. The van der Waals surface area contributed by atoms with Crippen LogP contribution in [0.25, 0.3) is 27.7 Å². The summed E-state index contributed by atoms with van der Waals surface area (Å²) in [6.45, 7) is 0. The van der Waals surface area contributed by atoms with Gasteiger partial charge < -0.3 is 4.57 Å². The summed E-state index contributed by atoms with van der Waals surface area (Å²) < 4.78 is 2.07. The number of rotatable bonds is 2. The molecule has 0 N–H and O–H groups in total. The molecule has 0 saturated carbocycles. The van der Waals surface area contributed by atoms with E-state index in [9.17, 15) is 0 Å². The van der Waals surface area contributed by atoms with Crippen LogP contribution in [0.2, 0.25) is 5.02 Å². The van der Waals surface area contributed by atoms with Crippen molar-refractivity contribution in [1.29, 1.82) is 0 Å². The summed E-state index contributed by atoms with van der Waals surface area (Å²) in [5.41, 5.74) is 4.39. The summed E-state index contributed by atoms with van der Waals surface area (Å²) in [5, 5.41) is 6.10. The zero-order valence-electron chi connectivity index (χ0n) is 11.0. The van der Waals surface area contributed by atoms with Gasteiger partial charge in [-0.05, 0) is 58.3 Å². The van der Waals surface area contributed by atoms with Crippen LogP contribution < -0.4 is 0 Å². The summed E-state index contributed by atoms with van der Waals surface area (Å²) in [4.78, 5) is 4.17. The molecule has 4 rings (SSSR count). The summed E-state index contributed by atoms with van der Waals surface area (Å²) in [6, 6.07) is 12.4. The van der Waals surface area contributed by atoms with Crippen LogP contribution in [0, 0.1) is 0 Å². The van der Waals surface area contributed by atoms with Crippen LogP contribution >= 0.6 is 22.9 Å². The molecule has 0 spiro atoms. The van der Waals surface area contributed by atoms with Gasteiger partial charge in [0.15, 0.2) is 0 Å². The lowest BCUT2D eigenvalue weighted by molar-refractivity contribution is 1.10. The molecule has 0 radical (unpaired) electrons. The first-order valence-electron chi connectivity index (χ1n) is 6.56. The highest BCUT2D eigenvalue weighted by Gasteiger charge is 2.10. The van der Waals surface area contributed by atoms with Gasteiger partial charge in [-0.2, -0.15) is 11.3 Å². The molecule has 2 nitrogen and oxygen atoms in total. The number of thiophene rings is 1. The molecule has 3 aromatic heterocycles. The predicted molar refractivity (Wildman–Crippen MR) is 89.4 cm³/mol. The summed E-state index contributed by atoms with van der Waals surface area (Å²) in [6.07, 6.45) is 5.64. The van der Waals surface area contributed by atoms with Crippen molar-refractivity contribution >= 4 is 33.8 Å². The molecule has 102 valence electrons. The number of hydrogen-bond acceptors (Lipinski definition) is 2. The molecule has 0 saturated heterocycles. The van der Waals surface area contributed by atoms with Gasteiger partial charge in [0.05, 0.1) is 22.4 Å². The molecular formula is C17H11ClN2S. The Morgan fingerprint density at radius 2 is 2.05 bits per heavy atom. The van der Waals surface area contributed by atoms with Gasteiger partial charge in [0.2, 0.25) is 0 Å². The fourth-order valence-electron chi connectivity index (χ4n) is 2.54. The maximum atomic E-state index is 6.54. The molecule has 0 aliphatic heterocycles. The molecule has 0 atom stereocenters. The van der Waals surface area contributed by atoms with E-state index in [1.54, 1.807) is 17.5 Å². The molecule has 3 heterocycles. The summed E-state index contributed by atoms with van der Waals surface area (Å²) in [7, 11) is 0. The highest BCUT2D eigenvalue weighted by Crippen LogP contribution is 2.33. The maximum absolute atomic E-state index is 6.54. The van der Waals surface area contributed by atoms with Crippen molar-refractivity contribution in [2.75, 3.05) is 0 Å². The molecule has 21 heavy (non-hydrogen) atoms. The van der Waals surface area contributed by atoms with E-state index in [0.29, 0.717) is 0 Å². The average Bonchev–Trinajstić information content (AvgIpc) is 3.17. The topological polar surface area (TPSA) is 17.8 Å². The Labute approximate surface area is 131 Å². The molecule has 0 amide bonds. The minimum Gasteiger partial charge on any atom is -0.314 e. The number of nitrogens with zero attached hydrogens (tertiary/aromatic N) is 2. The second kappa shape index (κ2) is 5.02. The van der Waals surface area contributed by atoms with Crippen molar-refractivity contribution in [1.82, 2.24) is 9.55 Å². The van der Waals surface area contributed by atoms with E-state index in [0.717, 1.165) is 27.2 Å². The Bertz CT molecular complexity index is 895. The van der Waals surface area contributed by atoms with Crippen LogP contribution in [0.15, 0.2) is 65.7 Å². The van der Waals surface area contributed by atoms with E-state index in [1.165, 1.54) is 5.56 Å². The number of fused-ring (bicyclic) bond motifs is 1. The van der Waals surface area contributed by atoms with Gasteiger partial charge in [-0.15, -0.1) is 0 Å². The average molecular weight is 311 g/mol.